The molecule has 0 saturated carbocycles. The van der Waals surface area contributed by atoms with Gasteiger partial charge in [0.05, 0.1) is 23.8 Å². The van der Waals surface area contributed by atoms with Crippen molar-refractivity contribution in [1.29, 1.82) is 0 Å². The first kappa shape index (κ1) is 27.8. The predicted octanol–water partition coefficient (Wildman–Crippen LogP) is 4.56. The van der Waals surface area contributed by atoms with Crippen molar-refractivity contribution >= 4 is 33.9 Å². The van der Waals surface area contributed by atoms with Crippen LogP contribution in [0.2, 0.25) is 5.02 Å². The van der Waals surface area contributed by atoms with E-state index in [0.717, 1.165) is 73.7 Å². The molecule has 2 aromatic heterocycles. The van der Waals surface area contributed by atoms with Crippen LogP contribution < -0.4 is 5.32 Å². The van der Waals surface area contributed by atoms with Crippen molar-refractivity contribution < 1.29 is 4.79 Å². The van der Waals surface area contributed by atoms with Crippen LogP contribution >= 0.6 is 27.5 Å². The first-order chi connectivity index (χ1) is 17.9. The van der Waals surface area contributed by atoms with Crippen molar-refractivity contribution in [1.82, 2.24) is 29.7 Å². The first-order valence-electron chi connectivity index (χ1n) is 13.0. The second-order valence-corrected chi connectivity index (χ2v) is 11.1. The highest BCUT2D eigenvalue weighted by molar-refractivity contribution is 9.10. The molecule has 2 aliphatic heterocycles. The van der Waals surface area contributed by atoms with Gasteiger partial charge in [-0.1, -0.05) is 17.7 Å². The van der Waals surface area contributed by atoms with Crippen LogP contribution in [0.3, 0.4) is 0 Å². The number of piperazine rings is 1. The van der Waals surface area contributed by atoms with Crippen LogP contribution in [0.5, 0.6) is 0 Å². The van der Waals surface area contributed by atoms with Crippen molar-refractivity contribution in [2.24, 2.45) is 7.05 Å². The molecule has 1 aliphatic carbocycles. The molecule has 3 aromatic rings. The molecule has 37 heavy (non-hydrogen) atoms. The molecule has 2 fully saturated rings. The highest BCUT2D eigenvalue weighted by atomic mass is 79.9. The molecule has 7 nitrogen and oxygen atoms in total. The molecule has 3 aliphatic rings. The maximum atomic E-state index is 9.93. The van der Waals surface area contributed by atoms with Gasteiger partial charge in [-0.2, -0.15) is 0 Å². The monoisotopic (exact) mass is 586 g/mol. The molecular weight excluding hydrogens is 552 g/mol. The van der Waals surface area contributed by atoms with Gasteiger partial charge in [0, 0.05) is 68.2 Å². The molecule has 1 amide bonds. The second-order valence-electron chi connectivity index (χ2n) is 9.76. The summed E-state index contributed by atoms with van der Waals surface area (Å²) in [6.07, 6.45) is 11.0. The fourth-order valence-corrected chi connectivity index (χ4v) is 5.69. The lowest BCUT2D eigenvalue weighted by molar-refractivity contribution is -0.117. The van der Waals surface area contributed by atoms with Gasteiger partial charge in [-0.25, -0.2) is 4.98 Å². The van der Waals surface area contributed by atoms with Crippen LogP contribution in [0.15, 0.2) is 47.5 Å². The number of carbonyl (C=O) groups is 1. The topological polar surface area (TPSA) is 66.3 Å². The molecule has 0 spiro atoms. The van der Waals surface area contributed by atoms with E-state index in [-0.39, 0.29) is 6.04 Å². The summed E-state index contributed by atoms with van der Waals surface area (Å²) < 4.78 is 2.98. The zero-order valence-electron chi connectivity index (χ0n) is 21.7. The Kier molecular flexibility index (Phi) is 10.1. The van der Waals surface area contributed by atoms with Crippen molar-refractivity contribution in [2.75, 3.05) is 39.3 Å². The molecule has 1 aromatic carbocycles. The van der Waals surface area contributed by atoms with Crippen LogP contribution in [-0.4, -0.2) is 70.0 Å². The zero-order valence-corrected chi connectivity index (χ0v) is 24.0. The van der Waals surface area contributed by atoms with Crippen LogP contribution in [-0.2, 0) is 24.7 Å². The van der Waals surface area contributed by atoms with Gasteiger partial charge < -0.3 is 14.8 Å². The fourth-order valence-electron chi connectivity index (χ4n) is 5.11. The Morgan fingerprint density at radius 2 is 1.78 bits per heavy atom. The number of rotatable bonds is 2. The summed E-state index contributed by atoms with van der Waals surface area (Å²) in [4.78, 5) is 23.1. The van der Waals surface area contributed by atoms with Crippen LogP contribution in [0.25, 0.3) is 0 Å². The summed E-state index contributed by atoms with van der Waals surface area (Å²) in [5.74, 6) is 0. The van der Waals surface area contributed by atoms with E-state index in [1.807, 2.05) is 37.0 Å². The average molecular weight is 588 g/mol. The average Bonchev–Trinajstić information content (AvgIpc) is 3.54. The smallest absolute Gasteiger partial charge is 0.209 e. The summed E-state index contributed by atoms with van der Waals surface area (Å²) in [6, 6.07) is 8.80. The van der Waals surface area contributed by atoms with E-state index in [2.05, 4.69) is 49.3 Å². The van der Waals surface area contributed by atoms with E-state index in [1.165, 1.54) is 35.2 Å². The van der Waals surface area contributed by atoms with Gasteiger partial charge in [-0.15, -0.1) is 0 Å². The highest BCUT2D eigenvalue weighted by Gasteiger charge is 2.31. The quantitative estimate of drug-likeness (QED) is 0.446. The predicted molar refractivity (Wildman–Crippen MR) is 152 cm³/mol. The summed E-state index contributed by atoms with van der Waals surface area (Å²) in [7, 11) is 1.96. The third kappa shape index (κ3) is 7.63. The first-order valence-corrected chi connectivity index (χ1v) is 14.1. The van der Waals surface area contributed by atoms with E-state index >= 15 is 0 Å². The number of carbonyl (C=O) groups excluding carboxylic acids is 1. The number of benzene rings is 1. The van der Waals surface area contributed by atoms with Gasteiger partial charge in [-0.05, 0) is 83.4 Å². The molecule has 198 valence electrons. The molecule has 0 bridgehead atoms. The number of nitrogens with zero attached hydrogens (tertiary/aromatic N) is 5. The number of amides is 1. The molecule has 4 heterocycles. The Balaban J connectivity index is 0.000000186. The minimum atomic E-state index is 0.231. The number of likely N-dealkylation sites (tertiary alicyclic amines) is 1. The van der Waals surface area contributed by atoms with Gasteiger partial charge in [0.25, 0.3) is 0 Å². The van der Waals surface area contributed by atoms with Gasteiger partial charge in [0.15, 0.2) is 0 Å². The molecule has 9 heteroatoms. The number of fused-ring (bicyclic) bond motifs is 2. The van der Waals surface area contributed by atoms with Crippen molar-refractivity contribution in [3.05, 3.63) is 80.6 Å². The highest BCUT2D eigenvalue weighted by Crippen LogP contribution is 2.37. The standard InChI is InChI=1S/C18H19BrClN3.C5H8N2.C5H9NO/c19-14-9-13-2-1-12-10-15(20)3-4-16(12)18(17(13)22-11-14)23-7-5-21-6-8-23;1-5-3-7(2)4-6-5;7-5-6-3-1-2-4-6/h3-4,9-11,18,21H,1-2,5-8H2;3-4H,1-2H3;5H,1-4H2. The molecule has 1 atom stereocenters. The maximum absolute atomic E-state index is 9.93. The van der Waals surface area contributed by atoms with Gasteiger partial charge in [0.1, 0.15) is 0 Å². The Labute approximate surface area is 233 Å². The summed E-state index contributed by atoms with van der Waals surface area (Å²) in [5, 5.41) is 4.27. The lowest BCUT2D eigenvalue weighted by Crippen LogP contribution is -2.45. The third-order valence-corrected chi connectivity index (χ3v) is 7.60. The van der Waals surface area contributed by atoms with E-state index in [0.29, 0.717) is 0 Å². The summed E-state index contributed by atoms with van der Waals surface area (Å²) in [6.45, 7) is 8.08. The second kappa shape index (κ2) is 13.5. The number of imidazole rings is 1. The van der Waals surface area contributed by atoms with E-state index in [4.69, 9.17) is 16.6 Å². The number of halogens is 2. The van der Waals surface area contributed by atoms with Crippen LogP contribution in [0.4, 0.5) is 0 Å². The number of hydrogen-bond acceptors (Lipinski definition) is 5. The van der Waals surface area contributed by atoms with Crippen molar-refractivity contribution in [3.63, 3.8) is 0 Å². The normalized spacial score (nSPS) is 18.9. The number of aryl methyl sites for hydroxylation is 4. The van der Waals surface area contributed by atoms with E-state index < -0.39 is 0 Å². The molecule has 2 saturated heterocycles. The molecule has 1 unspecified atom stereocenters. The Morgan fingerprint density at radius 3 is 2.38 bits per heavy atom. The minimum absolute atomic E-state index is 0.231. The SMILES string of the molecule is Cc1cn(C)cn1.Clc1ccc2c(c1)CCc1cc(Br)cnc1C2N1CCNCC1.O=CN1CCCC1. The van der Waals surface area contributed by atoms with Gasteiger partial charge in [0.2, 0.25) is 6.41 Å². The van der Waals surface area contributed by atoms with E-state index in [1.54, 1.807) is 11.2 Å². The van der Waals surface area contributed by atoms with Gasteiger partial charge >= 0.3 is 0 Å². The number of aromatic nitrogens is 3. The number of nitrogens with one attached hydrogen (secondary N) is 1. The van der Waals surface area contributed by atoms with Crippen LogP contribution in [0.1, 0.15) is 47.0 Å². The van der Waals surface area contributed by atoms with Gasteiger partial charge in [-0.3, -0.25) is 14.7 Å². The summed E-state index contributed by atoms with van der Waals surface area (Å²) >= 11 is 9.82. The number of hydrogen-bond donors (Lipinski definition) is 1. The molecule has 0 radical (unpaired) electrons. The summed E-state index contributed by atoms with van der Waals surface area (Å²) in [5.41, 5.74) is 6.34. The van der Waals surface area contributed by atoms with Crippen molar-refractivity contribution in [2.45, 2.75) is 38.6 Å². The molecule has 1 N–H and O–H groups in total. The fraction of sp³-hybridized carbons (Fsp3) is 0.464. The van der Waals surface area contributed by atoms with Crippen LogP contribution in [0, 0.1) is 6.92 Å². The lowest BCUT2D eigenvalue weighted by Gasteiger charge is -2.35. The minimum Gasteiger partial charge on any atom is -0.345 e. The van der Waals surface area contributed by atoms with Crippen molar-refractivity contribution in [3.8, 4) is 0 Å². The Bertz CT molecular complexity index is 1100. The molecule has 6 rings (SSSR count). The zero-order chi connectivity index (χ0) is 26.2. The lowest BCUT2D eigenvalue weighted by atomic mass is 9.96. The number of pyridine rings is 1. The third-order valence-electron chi connectivity index (χ3n) is 6.93. The molecular formula is C28H36BrClN6O. The van der Waals surface area contributed by atoms with E-state index in [9.17, 15) is 4.79 Å². The maximum Gasteiger partial charge on any atom is 0.209 e. The Hall–Kier alpha value is -2.26. The Morgan fingerprint density at radius 1 is 1.05 bits per heavy atom. The largest absolute Gasteiger partial charge is 0.345 e.